The van der Waals surface area contributed by atoms with Crippen LogP contribution in [0.15, 0.2) is 54.6 Å². The summed E-state index contributed by atoms with van der Waals surface area (Å²) in [5.41, 5.74) is 1.01. The Labute approximate surface area is 116 Å². The zero-order chi connectivity index (χ0) is 13.9. The molecule has 0 aliphatic heterocycles. The van der Waals surface area contributed by atoms with Gasteiger partial charge in [0.2, 0.25) is 0 Å². The van der Waals surface area contributed by atoms with Gasteiger partial charge in [-0.3, -0.25) is 0 Å². The Bertz CT molecular complexity index is 723. The third-order valence-electron chi connectivity index (χ3n) is 3.35. The molecular weight excluding hydrogens is 252 g/mol. The van der Waals surface area contributed by atoms with Crippen LogP contribution in [0.25, 0.3) is 21.5 Å². The van der Waals surface area contributed by atoms with Gasteiger partial charge in [-0.1, -0.05) is 48.5 Å². The van der Waals surface area contributed by atoms with E-state index in [1.165, 1.54) is 0 Å². The fourth-order valence-electron chi connectivity index (χ4n) is 2.50. The second-order valence-corrected chi connectivity index (χ2v) is 4.66. The topological polar surface area (TPSA) is 49.4 Å². The summed E-state index contributed by atoms with van der Waals surface area (Å²) in [5, 5.41) is 14.9. The third-order valence-corrected chi connectivity index (χ3v) is 3.35. The second kappa shape index (κ2) is 5.31. The Morgan fingerprint density at radius 3 is 2.05 bits per heavy atom. The maximum atomic E-state index is 10.5. The van der Waals surface area contributed by atoms with Crippen LogP contribution in [0.2, 0.25) is 0 Å². The van der Waals surface area contributed by atoms with Gasteiger partial charge in [0.15, 0.2) is 0 Å². The van der Waals surface area contributed by atoms with E-state index in [1.54, 1.807) is 0 Å². The number of rotatable bonds is 4. The van der Waals surface area contributed by atoms with Crippen molar-refractivity contribution in [3.8, 4) is 0 Å². The average molecular weight is 265 g/mol. The number of hydrogen-bond acceptors (Lipinski definition) is 3. The lowest BCUT2D eigenvalue weighted by Gasteiger charge is -2.12. The highest BCUT2D eigenvalue weighted by Crippen LogP contribution is 2.28. The highest BCUT2D eigenvalue weighted by molar-refractivity contribution is 6.02. The second-order valence-electron chi connectivity index (χ2n) is 4.66. The lowest BCUT2D eigenvalue weighted by Crippen LogP contribution is -2.27. The zero-order valence-electron chi connectivity index (χ0n) is 10.8. The number of benzene rings is 3. The molecule has 0 heterocycles. The summed E-state index contributed by atoms with van der Waals surface area (Å²) < 4.78 is 5.24. The molecule has 0 aliphatic rings. The molecule has 0 aromatic heterocycles. The summed E-state index contributed by atoms with van der Waals surface area (Å²) in [5.74, 6) is -1.20. The number of fused-ring (bicyclic) bond motifs is 2. The van der Waals surface area contributed by atoms with Crippen molar-refractivity contribution in [2.24, 2.45) is 0 Å². The summed E-state index contributed by atoms with van der Waals surface area (Å²) in [4.78, 5) is 10.5. The molecule has 0 saturated carbocycles. The molecule has 100 valence electrons. The van der Waals surface area contributed by atoms with E-state index >= 15 is 0 Å². The van der Waals surface area contributed by atoms with Gasteiger partial charge in [0.05, 0.1) is 19.2 Å². The van der Waals surface area contributed by atoms with Gasteiger partial charge in [-0.05, 0) is 33.2 Å². The Hall–Kier alpha value is -2.39. The Morgan fingerprint density at radius 1 is 0.950 bits per heavy atom. The van der Waals surface area contributed by atoms with Crippen LogP contribution < -0.4 is 5.11 Å². The minimum absolute atomic E-state index is 0.260. The summed E-state index contributed by atoms with van der Waals surface area (Å²) in [7, 11) is 0. The Balaban J connectivity index is 2.15. The number of aliphatic carboxylic acids is 1. The zero-order valence-corrected chi connectivity index (χ0v) is 10.8. The molecular formula is C17H13O3-. The summed E-state index contributed by atoms with van der Waals surface area (Å²) in [6.45, 7) is -0.132. The monoisotopic (exact) mass is 265 g/mol. The standard InChI is InChI=1S/C17H14O3/c18-17(19)11-20-10-16-14-7-3-1-5-12(14)9-13-6-2-4-8-15(13)16/h1-9H,10-11H2,(H,18,19)/p-1. The van der Waals surface area contributed by atoms with Crippen molar-refractivity contribution < 1.29 is 14.6 Å². The molecule has 0 aliphatic carbocycles. The van der Waals surface area contributed by atoms with Crippen LogP contribution in [0.1, 0.15) is 5.56 Å². The molecule has 0 unspecified atom stereocenters. The van der Waals surface area contributed by atoms with Gasteiger partial charge in [0, 0.05) is 0 Å². The van der Waals surface area contributed by atoms with Crippen LogP contribution in [0.4, 0.5) is 0 Å². The largest absolute Gasteiger partial charge is 0.548 e. The number of carbonyl (C=O) groups excluding carboxylic acids is 1. The third kappa shape index (κ3) is 2.36. The van der Waals surface area contributed by atoms with Crippen LogP contribution in [-0.2, 0) is 16.1 Å². The van der Waals surface area contributed by atoms with Gasteiger partial charge in [-0.2, -0.15) is 0 Å². The van der Waals surface area contributed by atoms with E-state index < -0.39 is 12.6 Å². The van der Waals surface area contributed by atoms with E-state index in [4.69, 9.17) is 4.74 Å². The van der Waals surface area contributed by atoms with Crippen LogP contribution in [0.5, 0.6) is 0 Å². The predicted molar refractivity (Wildman–Crippen MR) is 76.1 cm³/mol. The van der Waals surface area contributed by atoms with Gasteiger partial charge in [0.25, 0.3) is 0 Å². The molecule has 0 amide bonds. The molecule has 0 atom stereocenters. The van der Waals surface area contributed by atoms with Crippen molar-refractivity contribution in [3.05, 3.63) is 60.2 Å². The number of hydrogen-bond donors (Lipinski definition) is 0. The van der Waals surface area contributed by atoms with Crippen LogP contribution in [0.3, 0.4) is 0 Å². The van der Waals surface area contributed by atoms with E-state index in [9.17, 15) is 9.90 Å². The van der Waals surface area contributed by atoms with Crippen molar-refractivity contribution in [3.63, 3.8) is 0 Å². The van der Waals surface area contributed by atoms with E-state index in [1.807, 2.05) is 48.5 Å². The lowest BCUT2D eigenvalue weighted by molar-refractivity contribution is -0.309. The first-order valence-electron chi connectivity index (χ1n) is 6.42. The molecule has 0 radical (unpaired) electrons. The van der Waals surface area contributed by atoms with E-state index in [0.29, 0.717) is 0 Å². The molecule has 0 fully saturated rings. The van der Waals surface area contributed by atoms with Crippen LogP contribution >= 0.6 is 0 Å². The van der Waals surface area contributed by atoms with Gasteiger partial charge in [0.1, 0.15) is 0 Å². The SMILES string of the molecule is O=C([O-])COCc1c2ccccc2cc2ccccc12. The molecule has 0 spiro atoms. The fraction of sp³-hybridized carbons (Fsp3) is 0.118. The molecule has 3 aromatic rings. The first-order valence-corrected chi connectivity index (χ1v) is 6.42. The van der Waals surface area contributed by atoms with Crippen molar-refractivity contribution in [1.82, 2.24) is 0 Å². The van der Waals surface area contributed by atoms with E-state index in [-0.39, 0.29) is 6.61 Å². The predicted octanol–water partition coefficient (Wildman–Crippen LogP) is 2.26. The molecule has 3 heteroatoms. The highest BCUT2D eigenvalue weighted by Gasteiger charge is 2.07. The van der Waals surface area contributed by atoms with Gasteiger partial charge < -0.3 is 14.6 Å². The molecule has 3 nitrogen and oxygen atoms in total. The van der Waals surface area contributed by atoms with Crippen molar-refractivity contribution in [2.75, 3.05) is 6.61 Å². The normalized spacial score (nSPS) is 11.0. The highest BCUT2D eigenvalue weighted by atomic mass is 16.5. The lowest BCUT2D eigenvalue weighted by atomic mass is 9.97. The minimum atomic E-state index is -1.20. The molecule has 3 aromatic carbocycles. The number of carbonyl (C=O) groups is 1. The molecule has 20 heavy (non-hydrogen) atoms. The Morgan fingerprint density at radius 2 is 1.50 bits per heavy atom. The number of carboxylic acid groups (broad SMARTS) is 1. The molecule has 0 N–H and O–H groups in total. The summed E-state index contributed by atoms with van der Waals surface area (Å²) in [6, 6.07) is 18.2. The molecule has 0 bridgehead atoms. The Kier molecular flexibility index (Phi) is 3.35. The van der Waals surface area contributed by atoms with Crippen LogP contribution in [-0.4, -0.2) is 12.6 Å². The molecule has 0 saturated heterocycles. The van der Waals surface area contributed by atoms with Gasteiger partial charge in [-0.25, -0.2) is 0 Å². The van der Waals surface area contributed by atoms with E-state index in [0.717, 1.165) is 27.1 Å². The van der Waals surface area contributed by atoms with Gasteiger partial charge in [-0.15, -0.1) is 0 Å². The maximum Gasteiger partial charge on any atom is 0.0865 e. The smallest absolute Gasteiger partial charge is 0.0865 e. The summed E-state index contributed by atoms with van der Waals surface area (Å²) in [6.07, 6.45) is 0. The molecule has 3 rings (SSSR count). The number of carboxylic acids is 1. The van der Waals surface area contributed by atoms with Crippen molar-refractivity contribution in [2.45, 2.75) is 6.61 Å². The number of ether oxygens (including phenoxy) is 1. The van der Waals surface area contributed by atoms with Crippen molar-refractivity contribution >= 4 is 27.5 Å². The average Bonchev–Trinajstić information content (AvgIpc) is 2.46. The maximum absolute atomic E-state index is 10.5. The first kappa shape index (κ1) is 12.6. The van der Waals surface area contributed by atoms with E-state index in [2.05, 4.69) is 6.07 Å². The van der Waals surface area contributed by atoms with Crippen LogP contribution in [0, 0.1) is 0 Å². The summed E-state index contributed by atoms with van der Waals surface area (Å²) >= 11 is 0. The van der Waals surface area contributed by atoms with Crippen molar-refractivity contribution in [1.29, 1.82) is 0 Å². The fourth-order valence-corrected chi connectivity index (χ4v) is 2.50. The quantitative estimate of drug-likeness (QED) is 0.680. The minimum Gasteiger partial charge on any atom is -0.548 e. The first-order chi connectivity index (χ1) is 9.75. The van der Waals surface area contributed by atoms with Gasteiger partial charge >= 0.3 is 0 Å².